The fraction of sp³-hybridized carbons (Fsp3) is 0.125. The minimum absolute atomic E-state index is 0.731. The quantitative estimate of drug-likeness (QED) is 0.747. The van der Waals surface area contributed by atoms with Crippen molar-refractivity contribution >= 4 is 15.9 Å². The molecule has 4 nitrogen and oxygen atoms in total. The molecule has 0 spiro atoms. The van der Waals surface area contributed by atoms with E-state index in [1.165, 1.54) is 4.80 Å². The molecular formula is C8H7BrN4. The van der Waals surface area contributed by atoms with Gasteiger partial charge in [0.2, 0.25) is 0 Å². The average Bonchev–Trinajstić information content (AvgIpc) is 2.71. The van der Waals surface area contributed by atoms with Gasteiger partial charge in [-0.05, 0) is 11.6 Å². The van der Waals surface area contributed by atoms with Gasteiger partial charge in [-0.15, -0.1) is 4.80 Å². The molecule has 5 heteroatoms. The van der Waals surface area contributed by atoms with Crippen LogP contribution in [-0.2, 0) is 5.33 Å². The van der Waals surface area contributed by atoms with Crippen LogP contribution in [-0.4, -0.2) is 20.0 Å². The Morgan fingerprint density at radius 1 is 1.23 bits per heavy atom. The van der Waals surface area contributed by atoms with E-state index in [1.54, 1.807) is 18.6 Å². The Bertz CT molecular complexity index is 368. The van der Waals surface area contributed by atoms with Gasteiger partial charge in [0.1, 0.15) is 0 Å². The maximum Gasteiger partial charge on any atom is 0.174 e. The highest BCUT2D eigenvalue weighted by Crippen LogP contribution is 2.06. The lowest BCUT2D eigenvalue weighted by atomic mass is 10.3. The van der Waals surface area contributed by atoms with Gasteiger partial charge < -0.3 is 0 Å². The van der Waals surface area contributed by atoms with Crippen LogP contribution in [0.4, 0.5) is 0 Å². The zero-order chi connectivity index (χ0) is 9.10. The highest BCUT2D eigenvalue weighted by Gasteiger charge is 1.97. The standard InChI is InChI=1S/C8H7BrN4/c9-5-7-1-2-8(10-6-7)13-11-3-4-12-13/h1-4,6H,5H2. The van der Waals surface area contributed by atoms with Crippen LogP contribution >= 0.6 is 15.9 Å². The van der Waals surface area contributed by atoms with Gasteiger partial charge in [-0.2, -0.15) is 10.2 Å². The lowest BCUT2D eigenvalue weighted by Gasteiger charge is -1.98. The van der Waals surface area contributed by atoms with Crippen molar-refractivity contribution in [1.82, 2.24) is 20.0 Å². The van der Waals surface area contributed by atoms with Crippen LogP contribution in [0, 0.1) is 0 Å². The maximum atomic E-state index is 4.20. The van der Waals surface area contributed by atoms with E-state index < -0.39 is 0 Å². The van der Waals surface area contributed by atoms with E-state index >= 15 is 0 Å². The highest BCUT2D eigenvalue weighted by atomic mass is 79.9. The number of hydrogen-bond acceptors (Lipinski definition) is 3. The summed E-state index contributed by atoms with van der Waals surface area (Å²) in [6.45, 7) is 0. The Kier molecular flexibility index (Phi) is 2.35. The predicted molar refractivity (Wildman–Crippen MR) is 51.8 cm³/mol. The summed E-state index contributed by atoms with van der Waals surface area (Å²) in [5, 5.41) is 8.76. The molecule has 0 aliphatic carbocycles. The minimum atomic E-state index is 0.731. The monoisotopic (exact) mass is 238 g/mol. The molecule has 0 saturated carbocycles. The summed E-state index contributed by atoms with van der Waals surface area (Å²) in [7, 11) is 0. The molecule has 2 rings (SSSR count). The maximum absolute atomic E-state index is 4.20. The van der Waals surface area contributed by atoms with Crippen molar-refractivity contribution in [2.75, 3.05) is 0 Å². The molecule has 0 aromatic carbocycles. The van der Waals surface area contributed by atoms with E-state index in [0.717, 1.165) is 16.7 Å². The summed E-state index contributed by atoms with van der Waals surface area (Å²) < 4.78 is 0. The molecule has 13 heavy (non-hydrogen) atoms. The summed E-state index contributed by atoms with van der Waals surface area (Å²) in [6, 6.07) is 3.87. The van der Waals surface area contributed by atoms with Crippen molar-refractivity contribution in [2.24, 2.45) is 0 Å². The molecule has 0 bridgehead atoms. The van der Waals surface area contributed by atoms with Crippen LogP contribution in [0.1, 0.15) is 5.56 Å². The van der Waals surface area contributed by atoms with Gasteiger partial charge in [0.05, 0.1) is 12.4 Å². The van der Waals surface area contributed by atoms with E-state index in [2.05, 4.69) is 31.1 Å². The third kappa shape index (κ3) is 1.75. The largest absolute Gasteiger partial charge is 0.235 e. The lowest BCUT2D eigenvalue weighted by Crippen LogP contribution is -2.00. The number of alkyl halides is 1. The number of pyridine rings is 1. The summed E-state index contributed by atoms with van der Waals surface area (Å²) in [5.41, 5.74) is 1.14. The molecule has 2 aromatic rings. The first-order valence-corrected chi connectivity index (χ1v) is 4.90. The van der Waals surface area contributed by atoms with E-state index in [9.17, 15) is 0 Å². The number of halogens is 1. The fourth-order valence-electron chi connectivity index (χ4n) is 0.948. The van der Waals surface area contributed by atoms with E-state index in [4.69, 9.17) is 0 Å². The SMILES string of the molecule is BrCc1ccc(-n2nccn2)nc1. The summed E-state index contributed by atoms with van der Waals surface area (Å²) in [4.78, 5) is 5.68. The molecule has 0 aliphatic heterocycles. The summed E-state index contributed by atoms with van der Waals surface area (Å²) in [5.74, 6) is 0.731. The third-order valence-electron chi connectivity index (χ3n) is 1.59. The van der Waals surface area contributed by atoms with Gasteiger partial charge in [-0.1, -0.05) is 22.0 Å². The van der Waals surface area contributed by atoms with Gasteiger partial charge >= 0.3 is 0 Å². The van der Waals surface area contributed by atoms with Crippen molar-refractivity contribution in [3.8, 4) is 5.82 Å². The van der Waals surface area contributed by atoms with Crippen LogP contribution in [0.3, 0.4) is 0 Å². The average molecular weight is 239 g/mol. The Morgan fingerprint density at radius 3 is 2.54 bits per heavy atom. The van der Waals surface area contributed by atoms with Gasteiger partial charge in [-0.25, -0.2) is 4.98 Å². The van der Waals surface area contributed by atoms with Gasteiger partial charge in [0.25, 0.3) is 0 Å². The molecule has 0 atom stereocenters. The topological polar surface area (TPSA) is 43.6 Å². The van der Waals surface area contributed by atoms with Crippen LogP contribution in [0.5, 0.6) is 0 Å². The molecule has 0 amide bonds. The Hall–Kier alpha value is -1.23. The number of aromatic nitrogens is 4. The number of nitrogens with zero attached hydrogens (tertiary/aromatic N) is 4. The molecule has 0 saturated heterocycles. The van der Waals surface area contributed by atoms with E-state index in [1.807, 2.05) is 12.1 Å². The van der Waals surface area contributed by atoms with Gasteiger partial charge in [0.15, 0.2) is 5.82 Å². The second kappa shape index (κ2) is 3.66. The van der Waals surface area contributed by atoms with Crippen LogP contribution in [0.2, 0.25) is 0 Å². The molecule has 0 radical (unpaired) electrons. The zero-order valence-electron chi connectivity index (χ0n) is 6.76. The summed E-state index contributed by atoms with van der Waals surface area (Å²) in [6.07, 6.45) is 5.05. The van der Waals surface area contributed by atoms with E-state index in [0.29, 0.717) is 0 Å². The van der Waals surface area contributed by atoms with E-state index in [-0.39, 0.29) is 0 Å². The van der Waals surface area contributed by atoms with Gasteiger partial charge in [-0.3, -0.25) is 0 Å². The second-order valence-electron chi connectivity index (χ2n) is 2.48. The molecule has 2 aromatic heterocycles. The van der Waals surface area contributed by atoms with Crippen molar-refractivity contribution in [2.45, 2.75) is 5.33 Å². The molecule has 0 fully saturated rings. The lowest BCUT2D eigenvalue weighted by molar-refractivity contribution is 0.728. The van der Waals surface area contributed by atoms with Crippen LogP contribution < -0.4 is 0 Å². The predicted octanol–water partition coefficient (Wildman–Crippen LogP) is 1.56. The summed E-state index contributed by atoms with van der Waals surface area (Å²) >= 11 is 3.35. The molecule has 0 unspecified atom stereocenters. The minimum Gasteiger partial charge on any atom is -0.235 e. The number of rotatable bonds is 2. The Morgan fingerprint density at radius 2 is 2.00 bits per heavy atom. The van der Waals surface area contributed by atoms with Crippen molar-refractivity contribution in [1.29, 1.82) is 0 Å². The Balaban J connectivity index is 2.33. The third-order valence-corrected chi connectivity index (χ3v) is 2.23. The molecular weight excluding hydrogens is 232 g/mol. The number of hydrogen-bond donors (Lipinski definition) is 0. The fourth-order valence-corrected chi connectivity index (χ4v) is 1.28. The Labute approximate surface area is 83.7 Å². The van der Waals surface area contributed by atoms with Crippen LogP contribution in [0.15, 0.2) is 30.7 Å². The molecule has 0 aliphatic rings. The second-order valence-corrected chi connectivity index (χ2v) is 3.04. The highest BCUT2D eigenvalue weighted by molar-refractivity contribution is 9.08. The van der Waals surface area contributed by atoms with Gasteiger partial charge in [0, 0.05) is 11.5 Å². The normalized spacial score (nSPS) is 10.2. The molecule has 2 heterocycles. The van der Waals surface area contributed by atoms with Crippen molar-refractivity contribution in [3.63, 3.8) is 0 Å². The van der Waals surface area contributed by atoms with Crippen molar-refractivity contribution < 1.29 is 0 Å². The first kappa shape index (κ1) is 8.37. The van der Waals surface area contributed by atoms with Crippen molar-refractivity contribution in [3.05, 3.63) is 36.3 Å². The first-order valence-electron chi connectivity index (χ1n) is 3.78. The smallest absolute Gasteiger partial charge is 0.174 e. The first-order chi connectivity index (χ1) is 6.40. The molecule has 0 N–H and O–H groups in total. The van der Waals surface area contributed by atoms with Crippen LogP contribution in [0.25, 0.3) is 5.82 Å². The zero-order valence-corrected chi connectivity index (χ0v) is 8.35. The molecule has 66 valence electrons.